The summed E-state index contributed by atoms with van der Waals surface area (Å²) in [7, 11) is 1.65. The van der Waals surface area contributed by atoms with Crippen LogP contribution in [0, 0.1) is 0 Å². The van der Waals surface area contributed by atoms with Crippen LogP contribution >= 0.6 is 0 Å². The number of carbonyl (C=O) groups excluding carboxylic acids is 1. The number of amides is 1. The smallest absolute Gasteiger partial charge is 0.251 e. The van der Waals surface area contributed by atoms with E-state index in [0.717, 1.165) is 17.0 Å². The molecular weight excluding hydrogens is 304 g/mol. The molecule has 0 aliphatic carbocycles. The number of methoxy groups -OCH3 is 1. The quantitative estimate of drug-likeness (QED) is 0.756. The number of aromatic nitrogens is 3. The van der Waals surface area contributed by atoms with Gasteiger partial charge in [-0.25, -0.2) is 0 Å². The van der Waals surface area contributed by atoms with Crippen LogP contribution in [-0.4, -0.2) is 34.3 Å². The van der Waals surface area contributed by atoms with Gasteiger partial charge in [0.05, 0.1) is 7.11 Å². The predicted molar refractivity (Wildman–Crippen MR) is 90.4 cm³/mol. The Bertz CT molecular complexity index is 815. The first kappa shape index (κ1) is 15.7. The third-order valence-corrected chi connectivity index (χ3v) is 3.70. The molecule has 3 rings (SSSR count). The normalized spacial score (nSPS) is 10.4. The number of hydrogen-bond donors (Lipinski definition) is 1. The molecule has 6 nitrogen and oxygen atoms in total. The van der Waals surface area contributed by atoms with Gasteiger partial charge in [-0.2, -0.15) is 0 Å². The molecule has 0 radical (unpaired) electrons. The molecule has 1 N–H and O–H groups in total. The van der Waals surface area contributed by atoms with Crippen molar-refractivity contribution in [3.05, 3.63) is 72.3 Å². The summed E-state index contributed by atoms with van der Waals surface area (Å²) >= 11 is 0. The minimum absolute atomic E-state index is 0.111. The summed E-state index contributed by atoms with van der Waals surface area (Å²) in [4.78, 5) is 12.3. The van der Waals surface area contributed by atoms with Crippen molar-refractivity contribution in [1.29, 1.82) is 0 Å². The van der Waals surface area contributed by atoms with Crippen molar-refractivity contribution in [2.24, 2.45) is 0 Å². The molecule has 1 amide bonds. The first-order valence-electron chi connectivity index (χ1n) is 7.63. The van der Waals surface area contributed by atoms with Gasteiger partial charge in [0, 0.05) is 17.8 Å². The van der Waals surface area contributed by atoms with Crippen molar-refractivity contribution in [2.45, 2.75) is 6.42 Å². The fourth-order valence-corrected chi connectivity index (χ4v) is 2.46. The largest absolute Gasteiger partial charge is 0.496 e. The molecule has 0 spiro atoms. The third-order valence-electron chi connectivity index (χ3n) is 3.70. The fraction of sp³-hybridized carbons (Fsp3) is 0.167. The number of hydrogen-bond acceptors (Lipinski definition) is 4. The molecular formula is C18H18N4O2. The lowest BCUT2D eigenvalue weighted by atomic mass is 10.1. The maximum atomic E-state index is 12.3. The van der Waals surface area contributed by atoms with Crippen molar-refractivity contribution in [3.8, 4) is 11.4 Å². The van der Waals surface area contributed by atoms with Gasteiger partial charge >= 0.3 is 0 Å². The van der Waals surface area contributed by atoms with Gasteiger partial charge in [0.1, 0.15) is 18.4 Å². The van der Waals surface area contributed by atoms with Crippen LogP contribution in [0.25, 0.3) is 5.69 Å². The number of nitrogens with one attached hydrogen (secondary N) is 1. The molecule has 6 heteroatoms. The number of ether oxygens (including phenoxy) is 1. The Morgan fingerprint density at radius 3 is 2.71 bits per heavy atom. The second-order valence-corrected chi connectivity index (χ2v) is 5.24. The van der Waals surface area contributed by atoms with Gasteiger partial charge in [-0.15, -0.1) is 10.2 Å². The zero-order valence-electron chi connectivity index (χ0n) is 13.3. The lowest BCUT2D eigenvalue weighted by molar-refractivity contribution is 0.0954. The Morgan fingerprint density at radius 2 is 1.92 bits per heavy atom. The fourth-order valence-electron chi connectivity index (χ4n) is 2.46. The van der Waals surface area contributed by atoms with E-state index < -0.39 is 0 Å². The maximum Gasteiger partial charge on any atom is 0.251 e. The summed E-state index contributed by atoms with van der Waals surface area (Å²) < 4.78 is 7.07. The average Bonchev–Trinajstić information content (AvgIpc) is 3.17. The van der Waals surface area contributed by atoms with Crippen molar-refractivity contribution in [3.63, 3.8) is 0 Å². The minimum Gasteiger partial charge on any atom is -0.496 e. The van der Waals surface area contributed by atoms with Crippen LogP contribution in [0.5, 0.6) is 5.75 Å². The molecule has 0 unspecified atom stereocenters. The Hall–Kier alpha value is -3.15. The molecule has 0 atom stereocenters. The van der Waals surface area contributed by atoms with Gasteiger partial charge in [-0.1, -0.05) is 24.3 Å². The van der Waals surface area contributed by atoms with Crippen molar-refractivity contribution >= 4 is 5.91 Å². The molecule has 0 fully saturated rings. The minimum atomic E-state index is -0.111. The lowest BCUT2D eigenvalue weighted by Gasteiger charge is -2.10. The molecule has 1 heterocycles. The topological polar surface area (TPSA) is 69.0 Å². The lowest BCUT2D eigenvalue weighted by Crippen LogP contribution is -2.25. The van der Waals surface area contributed by atoms with Crippen LogP contribution in [-0.2, 0) is 6.42 Å². The summed E-state index contributed by atoms with van der Waals surface area (Å²) in [5.74, 6) is 0.723. The molecule has 1 aromatic heterocycles. The van der Waals surface area contributed by atoms with E-state index in [9.17, 15) is 4.79 Å². The molecule has 0 saturated carbocycles. The van der Waals surface area contributed by atoms with Crippen LogP contribution in [0.1, 0.15) is 15.9 Å². The van der Waals surface area contributed by atoms with Crippen molar-refractivity contribution in [1.82, 2.24) is 20.1 Å². The Morgan fingerprint density at radius 1 is 1.12 bits per heavy atom. The number of benzene rings is 2. The Balaban J connectivity index is 1.62. The Kier molecular flexibility index (Phi) is 4.86. The number of carbonyl (C=O) groups is 1. The maximum absolute atomic E-state index is 12.3. The van der Waals surface area contributed by atoms with Crippen LogP contribution in [0.2, 0.25) is 0 Å². The molecule has 122 valence electrons. The van der Waals surface area contributed by atoms with E-state index in [0.29, 0.717) is 18.5 Å². The van der Waals surface area contributed by atoms with Crippen molar-refractivity contribution in [2.75, 3.05) is 13.7 Å². The van der Waals surface area contributed by atoms with Crippen LogP contribution < -0.4 is 10.1 Å². The van der Waals surface area contributed by atoms with E-state index in [4.69, 9.17) is 4.74 Å². The second-order valence-electron chi connectivity index (χ2n) is 5.24. The van der Waals surface area contributed by atoms with E-state index >= 15 is 0 Å². The number of nitrogens with zero attached hydrogens (tertiary/aromatic N) is 3. The highest BCUT2D eigenvalue weighted by Gasteiger charge is 2.08. The summed E-state index contributed by atoms with van der Waals surface area (Å²) in [6, 6.07) is 15.1. The van der Waals surface area contributed by atoms with Gasteiger partial charge in [0.2, 0.25) is 0 Å². The van der Waals surface area contributed by atoms with E-state index in [2.05, 4.69) is 15.5 Å². The highest BCUT2D eigenvalue weighted by Crippen LogP contribution is 2.17. The van der Waals surface area contributed by atoms with Crippen LogP contribution in [0.4, 0.5) is 0 Å². The zero-order chi connectivity index (χ0) is 16.8. The second kappa shape index (κ2) is 7.41. The predicted octanol–water partition coefficient (Wildman–Crippen LogP) is 2.25. The van der Waals surface area contributed by atoms with Gasteiger partial charge in [-0.3, -0.25) is 9.36 Å². The van der Waals surface area contributed by atoms with E-state index in [1.807, 2.05) is 42.5 Å². The standard InChI is InChI=1S/C18H18N4O2/c1-24-17-8-3-2-5-14(17)9-10-19-18(23)15-6-4-7-16(11-15)22-12-20-21-13-22/h2-8,11-13H,9-10H2,1H3,(H,19,23). The summed E-state index contributed by atoms with van der Waals surface area (Å²) in [5, 5.41) is 10.5. The Labute approximate surface area is 140 Å². The van der Waals surface area contributed by atoms with Crippen molar-refractivity contribution < 1.29 is 9.53 Å². The monoisotopic (exact) mass is 322 g/mol. The molecule has 0 aliphatic heterocycles. The summed E-state index contributed by atoms with van der Waals surface area (Å²) in [6.45, 7) is 0.538. The van der Waals surface area contributed by atoms with E-state index in [1.54, 1.807) is 30.4 Å². The highest BCUT2D eigenvalue weighted by atomic mass is 16.5. The number of para-hydroxylation sites is 1. The first-order valence-corrected chi connectivity index (χ1v) is 7.63. The zero-order valence-corrected chi connectivity index (χ0v) is 13.3. The summed E-state index contributed by atoms with van der Waals surface area (Å²) in [5.41, 5.74) is 2.51. The number of rotatable bonds is 6. The first-order chi connectivity index (χ1) is 11.8. The van der Waals surface area contributed by atoms with E-state index in [1.165, 1.54) is 0 Å². The molecule has 0 bridgehead atoms. The molecule has 0 aliphatic rings. The van der Waals surface area contributed by atoms with E-state index in [-0.39, 0.29) is 5.91 Å². The van der Waals surface area contributed by atoms with Gasteiger partial charge in [0.25, 0.3) is 5.91 Å². The molecule has 24 heavy (non-hydrogen) atoms. The SMILES string of the molecule is COc1ccccc1CCNC(=O)c1cccc(-n2cnnc2)c1. The highest BCUT2D eigenvalue weighted by molar-refractivity contribution is 5.94. The molecule has 0 saturated heterocycles. The molecule has 2 aromatic carbocycles. The third kappa shape index (κ3) is 3.60. The molecule has 3 aromatic rings. The van der Waals surface area contributed by atoms with Crippen LogP contribution in [0.15, 0.2) is 61.2 Å². The van der Waals surface area contributed by atoms with Gasteiger partial charge < -0.3 is 10.1 Å². The van der Waals surface area contributed by atoms with Gasteiger partial charge in [-0.05, 0) is 36.2 Å². The summed E-state index contributed by atoms with van der Waals surface area (Å²) in [6.07, 6.45) is 3.90. The van der Waals surface area contributed by atoms with Gasteiger partial charge in [0.15, 0.2) is 0 Å². The average molecular weight is 322 g/mol. The van der Waals surface area contributed by atoms with Crippen LogP contribution in [0.3, 0.4) is 0 Å².